The Morgan fingerprint density at radius 1 is 1.12 bits per heavy atom. The molecule has 0 atom stereocenters. The summed E-state index contributed by atoms with van der Waals surface area (Å²) in [5.74, 6) is -1.44. The second kappa shape index (κ2) is 4.20. The summed E-state index contributed by atoms with van der Waals surface area (Å²) in [4.78, 5) is 0. The number of hydrogen-bond acceptors (Lipinski definition) is 2. The Kier molecular flexibility index (Phi) is 3.06. The van der Waals surface area contributed by atoms with Crippen molar-refractivity contribution in [1.29, 1.82) is 0 Å². The van der Waals surface area contributed by atoms with E-state index in [1.54, 1.807) is 0 Å². The molecule has 3 nitrogen and oxygen atoms in total. The van der Waals surface area contributed by atoms with E-state index < -0.39 is 5.79 Å². The molecule has 16 heavy (non-hydrogen) atoms. The number of piperidine rings is 1. The number of aliphatic hydroxyl groups is 2. The van der Waals surface area contributed by atoms with Gasteiger partial charge in [-0.25, -0.2) is 0 Å². The van der Waals surface area contributed by atoms with E-state index in [1.165, 1.54) is 5.56 Å². The van der Waals surface area contributed by atoms with Crippen LogP contribution in [-0.2, 0) is 6.54 Å². The van der Waals surface area contributed by atoms with Gasteiger partial charge in [-0.05, 0) is 0 Å². The average Bonchev–Trinajstić information content (AvgIpc) is 2.25. The van der Waals surface area contributed by atoms with Crippen LogP contribution < -0.4 is 0 Å². The molecule has 1 heterocycles. The van der Waals surface area contributed by atoms with E-state index in [4.69, 9.17) is 0 Å². The summed E-state index contributed by atoms with van der Waals surface area (Å²) in [6, 6.07) is 10.4. The standard InChI is InChI=1S/C12H19BNO2/c13-14(8-6-12(15,16)7-9-14)10-11-4-2-1-3-5-11/h1-5,15-16H,6-10,13H2/q+1. The molecule has 2 rings (SSSR count). The van der Waals surface area contributed by atoms with E-state index in [0.29, 0.717) is 12.8 Å². The van der Waals surface area contributed by atoms with Crippen molar-refractivity contribution in [3.05, 3.63) is 35.9 Å². The van der Waals surface area contributed by atoms with Crippen molar-refractivity contribution < 1.29 is 14.6 Å². The van der Waals surface area contributed by atoms with Gasteiger partial charge in [0.25, 0.3) is 0 Å². The lowest BCUT2D eigenvalue weighted by atomic mass is 9.95. The second-order valence-electron chi connectivity index (χ2n) is 5.19. The van der Waals surface area contributed by atoms with Crippen LogP contribution in [0, 0.1) is 0 Å². The minimum absolute atomic E-state index is 0.469. The van der Waals surface area contributed by atoms with Crippen molar-refractivity contribution >= 4 is 7.98 Å². The highest BCUT2D eigenvalue weighted by molar-refractivity contribution is 5.97. The molecular formula is C12H19BNO2+. The number of likely N-dealkylation sites (tertiary alicyclic amines) is 1. The first-order valence-corrected chi connectivity index (χ1v) is 5.81. The van der Waals surface area contributed by atoms with Crippen LogP contribution in [0.4, 0.5) is 0 Å². The molecule has 0 unspecified atom stereocenters. The highest BCUT2D eigenvalue weighted by Gasteiger charge is 2.36. The number of quaternary nitrogens is 1. The van der Waals surface area contributed by atoms with Crippen LogP contribution in [0.1, 0.15) is 18.4 Å². The number of nitrogens with zero attached hydrogens (tertiary/aromatic N) is 1. The topological polar surface area (TPSA) is 40.5 Å². The van der Waals surface area contributed by atoms with Crippen LogP contribution in [0.3, 0.4) is 0 Å². The van der Waals surface area contributed by atoms with Gasteiger partial charge in [0.15, 0.2) is 5.79 Å². The van der Waals surface area contributed by atoms with Gasteiger partial charge in [0.2, 0.25) is 0 Å². The smallest absolute Gasteiger partial charge is 0.373 e. The van der Waals surface area contributed by atoms with E-state index in [1.807, 2.05) is 18.2 Å². The molecule has 0 radical (unpaired) electrons. The first-order valence-electron chi connectivity index (χ1n) is 5.81. The quantitative estimate of drug-likeness (QED) is 0.545. The molecule has 0 aromatic heterocycles. The van der Waals surface area contributed by atoms with Crippen molar-refractivity contribution in [2.24, 2.45) is 0 Å². The summed E-state index contributed by atoms with van der Waals surface area (Å²) in [6.45, 7) is 2.61. The van der Waals surface area contributed by atoms with Gasteiger partial charge < -0.3 is 14.6 Å². The van der Waals surface area contributed by atoms with Crippen LogP contribution in [0.15, 0.2) is 30.3 Å². The second-order valence-corrected chi connectivity index (χ2v) is 5.19. The Morgan fingerprint density at radius 3 is 2.25 bits per heavy atom. The molecule has 0 aliphatic carbocycles. The van der Waals surface area contributed by atoms with Crippen molar-refractivity contribution in [2.75, 3.05) is 13.1 Å². The van der Waals surface area contributed by atoms with Gasteiger partial charge in [-0.3, -0.25) is 0 Å². The number of hydrogen-bond donors (Lipinski definition) is 2. The molecule has 1 aliphatic heterocycles. The van der Waals surface area contributed by atoms with E-state index in [9.17, 15) is 10.2 Å². The van der Waals surface area contributed by atoms with E-state index in [2.05, 4.69) is 20.1 Å². The first kappa shape index (κ1) is 11.6. The maximum atomic E-state index is 9.52. The van der Waals surface area contributed by atoms with Crippen LogP contribution in [0.25, 0.3) is 0 Å². The van der Waals surface area contributed by atoms with Gasteiger partial charge in [0.1, 0.15) is 0 Å². The number of benzene rings is 1. The molecule has 0 spiro atoms. The van der Waals surface area contributed by atoms with Crippen LogP contribution in [0.5, 0.6) is 0 Å². The average molecular weight is 220 g/mol. The van der Waals surface area contributed by atoms with Crippen LogP contribution in [-0.4, -0.2) is 41.5 Å². The predicted octanol–water partition coefficient (Wildman–Crippen LogP) is 0.0262. The Labute approximate surface area is 97.3 Å². The lowest BCUT2D eigenvalue weighted by molar-refractivity contribution is -0.841. The Balaban J connectivity index is 2.00. The minimum atomic E-state index is -1.44. The Bertz CT molecular complexity index is 343. The largest absolute Gasteiger partial charge is 0.395 e. The monoisotopic (exact) mass is 220 g/mol. The maximum absolute atomic E-state index is 9.52. The number of rotatable bonds is 2. The maximum Gasteiger partial charge on any atom is 0.373 e. The molecule has 1 saturated heterocycles. The van der Waals surface area contributed by atoms with Gasteiger partial charge in [-0.15, -0.1) is 0 Å². The van der Waals surface area contributed by atoms with Crippen molar-refractivity contribution in [3.8, 4) is 0 Å². The van der Waals surface area contributed by atoms with Crippen molar-refractivity contribution in [3.63, 3.8) is 0 Å². The summed E-state index contributed by atoms with van der Waals surface area (Å²) in [6.07, 6.45) is 0.937. The third-order valence-corrected chi connectivity index (χ3v) is 3.51. The fraction of sp³-hybridized carbons (Fsp3) is 0.500. The highest BCUT2D eigenvalue weighted by atomic mass is 16.5. The summed E-state index contributed by atoms with van der Waals surface area (Å²) in [5, 5.41) is 19.0. The van der Waals surface area contributed by atoms with E-state index >= 15 is 0 Å². The summed E-state index contributed by atoms with van der Waals surface area (Å²) in [7, 11) is 2.18. The Hall–Kier alpha value is -0.835. The molecule has 1 aliphatic rings. The van der Waals surface area contributed by atoms with Crippen LogP contribution >= 0.6 is 0 Å². The molecule has 1 fully saturated rings. The lowest BCUT2D eigenvalue weighted by Gasteiger charge is -2.43. The zero-order valence-corrected chi connectivity index (χ0v) is 9.76. The molecule has 2 N–H and O–H groups in total. The van der Waals surface area contributed by atoms with Gasteiger partial charge in [-0.2, -0.15) is 0 Å². The fourth-order valence-corrected chi connectivity index (χ4v) is 2.32. The highest BCUT2D eigenvalue weighted by Crippen LogP contribution is 2.25. The third kappa shape index (κ3) is 2.85. The zero-order valence-electron chi connectivity index (χ0n) is 9.76. The lowest BCUT2D eigenvalue weighted by Crippen LogP contribution is -2.55. The van der Waals surface area contributed by atoms with Crippen LogP contribution in [0.2, 0.25) is 0 Å². The normalized spacial score (nSPS) is 22.9. The fourth-order valence-electron chi connectivity index (χ4n) is 2.32. The summed E-state index contributed by atoms with van der Waals surface area (Å²) >= 11 is 0. The van der Waals surface area contributed by atoms with E-state index in [0.717, 1.165) is 24.0 Å². The zero-order chi connectivity index (χ0) is 11.6. The molecule has 0 saturated carbocycles. The van der Waals surface area contributed by atoms with Gasteiger partial charge in [0, 0.05) is 18.4 Å². The van der Waals surface area contributed by atoms with Gasteiger partial charge in [-0.1, -0.05) is 30.3 Å². The third-order valence-electron chi connectivity index (χ3n) is 3.51. The summed E-state index contributed by atoms with van der Waals surface area (Å²) in [5.41, 5.74) is 1.31. The van der Waals surface area contributed by atoms with Gasteiger partial charge >= 0.3 is 7.98 Å². The molecule has 1 aromatic carbocycles. The molecule has 4 heteroatoms. The molecule has 1 aromatic rings. The SMILES string of the molecule is B[N+]1(Cc2ccccc2)CCC(O)(O)CC1. The first-order chi connectivity index (χ1) is 7.49. The Morgan fingerprint density at radius 2 is 1.69 bits per heavy atom. The summed E-state index contributed by atoms with van der Waals surface area (Å²) < 4.78 is 0.896. The van der Waals surface area contributed by atoms with E-state index in [-0.39, 0.29) is 0 Å². The van der Waals surface area contributed by atoms with Crippen molar-refractivity contribution in [2.45, 2.75) is 25.2 Å². The van der Waals surface area contributed by atoms with Crippen molar-refractivity contribution in [1.82, 2.24) is 0 Å². The molecular weight excluding hydrogens is 201 g/mol. The van der Waals surface area contributed by atoms with Gasteiger partial charge in [0.05, 0.1) is 19.6 Å². The molecule has 0 amide bonds. The molecule has 0 bridgehead atoms. The predicted molar refractivity (Wildman–Crippen MR) is 65.1 cm³/mol. The minimum Gasteiger partial charge on any atom is -0.395 e. The molecule has 86 valence electrons.